The molecule has 1 fully saturated rings. The summed E-state index contributed by atoms with van der Waals surface area (Å²) in [5.74, 6) is 2.51. The van der Waals surface area contributed by atoms with E-state index in [1.165, 1.54) is 0 Å². The number of hydrogen-bond donors (Lipinski definition) is 0. The van der Waals surface area contributed by atoms with Crippen LogP contribution in [0.3, 0.4) is 0 Å². The Morgan fingerprint density at radius 1 is 1.28 bits per heavy atom. The Balaban J connectivity index is 2.02. The van der Waals surface area contributed by atoms with E-state index < -0.39 is 0 Å². The van der Waals surface area contributed by atoms with Gasteiger partial charge in [0.2, 0.25) is 5.78 Å². The number of benzene rings is 1. The molecular formula is C15H15NO2. The number of rotatable bonds is 2. The van der Waals surface area contributed by atoms with Crippen LogP contribution in [0.4, 0.5) is 0 Å². The molecule has 0 unspecified atom stereocenters. The summed E-state index contributed by atoms with van der Waals surface area (Å²) in [7, 11) is 0. The minimum atomic E-state index is -0.155. The van der Waals surface area contributed by atoms with Crippen LogP contribution >= 0.6 is 0 Å². The quantitative estimate of drug-likeness (QED) is 0.584. The van der Waals surface area contributed by atoms with Crippen LogP contribution in [-0.4, -0.2) is 37.0 Å². The minimum absolute atomic E-state index is 0.155. The van der Waals surface area contributed by atoms with Crippen molar-refractivity contribution in [3.8, 4) is 12.0 Å². The number of ketones is 1. The fourth-order valence-electron chi connectivity index (χ4n) is 1.65. The van der Waals surface area contributed by atoms with Gasteiger partial charge in [-0.1, -0.05) is 24.8 Å². The maximum Gasteiger partial charge on any atom is 0.237 e. The van der Waals surface area contributed by atoms with Crippen molar-refractivity contribution in [2.24, 2.45) is 0 Å². The Morgan fingerprint density at radius 3 is 2.56 bits per heavy atom. The van der Waals surface area contributed by atoms with E-state index in [-0.39, 0.29) is 5.78 Å². The first-order valence-electron chi connectivity index (χ1n) is 5.91. The van der Waals surface area contributed by atoms with Crippen molar-refractivity contribution in [1.29, 1.82) is 0 Å². The first kappa shape index (κ1) is 12.4. The molecule has 0 N–H and O–H groups in total. The summed E-state index contributed by atoms with van der Waals surface area (Å²) in [6, 6.07) is 10.1. The second-order valence-corrected chi connectivity index (χ2v) is 3.99. The Morgan fingerprint density at radius 2 is 1.94 bits per heavy atom. The van der Waals surface area contributed by atoms with E-state index in [2.05, 4.69) is 18.5 Å². The molecule has 3 heteroatoms. The molecule has 1 aromatic carbocycles. The molecule has 1 heterocycles. The molecule has 0 aromatic heterocycles. The predicted molar refractivity (Wildman–Crippen MR) is 71.0 cm³/mol. The topological polar surface area (TPSA) is 29.5 Å². The highest BCUT2D eigenvalue weighted by Gasteiger charge is 2.06. The lowest BCUT2D eigenvalue weighted by Gasteiger charge is -2.22. The average Bonchev–Trinajstić information content (AvgIpc) is 2.46. The Bertz CT molecular complexity index is 487. The van der Waals surface area contributed by atoms with Gasteiger partial charge in [0.25, 0.3) is 0 Å². The number of ether oxygens (including phenoxy) is 1. The van der Waals surface area contributed by atoms with E-state index in [0.717, 1.165) is 18.7 Å². The van der Waals surface area contributed by atoms with E-state index in [4.69, 9.17) is 4.74 Å². The molecule has 1 aliphatic rings. The van der Waals surface area contributed by atoms with Gasteiger partial charge in [-0.05, 0) is 23.6 Å². The summed E-state index contributed by atoms with van der Waals surface area (Å²) in [6.45, 7) is 6.55. The number of carbonyl (C=O) groups is 1. The molecule has 0 radical (unpaired) electrons. The van der Waals surface area contributed by atoms with Crippen molar-refractivity contribution in [2.75, 3.05) is 26.3 Å². The summed E-state index contributed by atoms with van der Waals surface area (Å²) in [5.41, 5.74) is 1.61. The second kappa shape index (κ2) is 6.04. The Labute approximate surface area is 107 Å². The van der Waals surface area contributed by atoms with Crippen LogP contribution in [0.2, 0.25) is 0 Å². The molecule has 18 heavy (non-hydrogen) atoms. The molecule has 0 spiro atoms. The molecule has 1 saturated heterocycles. The van der Waals surface area contributed by atoms with Crippen LogP contribution in [-0.2, 0) is 4.74 Å². The van der Waals surface area contributed by atoms with Gasteiger partial charge >= 0.3 is 0 Å². The van der Waals surface area contributed by atoms with Gasteiger partial charge in [-0.15, -0.1) is 0 Å². The van der Waals surface area contributed by atoms with Gasteiger partial charge in [-0.25, -0.2) is 0 Å². The molecular weight excluding hydrogens is 226 g/mol. The number of hydrogen-bond acceptors (Lipinski definition) is 3. The minimum Gasteiger partial charge on any atom is -0.378 e. The molecule has 0 saturated carbocycles. The van der Waals surface area contributed by atoms with Gasteiger partial charge in [0, 0.05) is 24.7 Å². The van der Waals surface area contributed by atoms with Gasteiger partial charge in [0.05, 0.1) is 13.2 Å². The molecule has 0 bridgehead atoms. The van der Waals surface area contributed by atoms with Crippen molar-refractivity contribution in [1.82, 2.24) is 4.90 Å². The zero-order chi connectivity index (χ0) is 12.8. The molecule has 0 amide bonds. The molecule has 1 aromatic rings. The number of morpholine rings is 1. The van der Waals surface area contributed by atoms with Gasteiger partial charge in [-0.3, -0.25) is 4.79 Å². The Hall–Kier alpha value is -2.05. The molecule has 1 aliphatic heterocycles. The molecule has 0 atom stereocenters. The van der Waals surface area contributed by atoms with Gasteiger partial charge in [0.15, 0.2) is 0 Å². The van der Waals surface area contributed by atoms with Crippen LogP contribution in [0, 0.1) is 12.0 Å². The molecule has 2 rings (SSSR count). The summed E-state index contributed by atoms with van der Waals surface area (Å²) < 4.78 is 5.21. The monoisotopic (exact) mass is 241 g/mol. The lowest BCUT2D eigenvalue weighted by Crippen LogP contribution is -2.32. The van der Waals surface area contributed by atoms with E-state index >= 15 is 0 Å². The van der Waals surface area contributed by atoms with Gasteiger partial charge in [-0.2, -0.15) is 0 Å². The highest BCUT2D eigenvalue weighted by atomic mass is 16.5. The smallest absolute Gasteiger partial charge is 0.237 e. The number of carbonyl (C=O) groups excluding carboxylic acids is 1. The zero-order valence-corrected chi connectivity index (χ0v) is 10.2. The summed E-state index contributed by atoms with van der Waals surface area (Å²) in [5, 5.41) is 0. The molecule has 0 aliphatic carbocycles. The lowest BCUT2D eigenvalue weighted by molar-refractivity contribution is 0.0637. The maximum atomic E-state index is 11.8. The van der Waals surface area contributed by atoms with Crippen LogP contribution in [0.25, 0.3) is 6.08 Å². The normalized spacial score (nSPS) is 14.6. The third-order valence-corrected chi connectivity index (χ3v) is 2.75. The predicted octanol–water partition coefficient (Wildman–Crippen LogP) is 1.81. The van der Waals surface area contributed by atoms with Crippen molar-refractivity contribution in [3.05, 3.63) is 42.0 Å². The fourth-order valence-corrected chi connectivity index (χ4v) is 1.65. The number of Topliss-reactive ketones (excluding diaryl/α,β-unsaturated/α-hetero) is 1. The third kappa shape index (κ3) is 3.22. The highest BCUT2D eigenvalue weighted by molar-refractivity contribution is 6.09. The van der Waals surface area contributed by atoms with Gasteiger partial charge < -0.3 is 9.64 Å². The lowest BCUT2D eigenvalue weighted by atomic mass is 10.1. The summed E-state index contributed by atoms with van der Waals surface area (Å²) in [4.78, 5) is 13.7. The number of nitrogens with zero attached hydrogens (tertiary/aromatic N) is 1. The van der Waals surface area contributed by atoms with Crippen molar-refractivity contribution >= 4 is 11.9 Å². The van der Waals surface area contributed by atoms with Crippen molar-refractivity contribution in [2.45, 2.75) is 0 Å². The average molecular weight is 241 g/mol. The first-order valence-corrected chi connectivity index (χ1v) is 5.91. The van der Waals surface area contributed by atoms with Crippen LogP contribution in [0.5, 0.6) is 0 Å². The fraction of sp³-hybridized carbons (Fsp3) is 0.267. The molecule has 92 valence electrons. The van der Waals surface area contributed by atoms with E-state index in [1.807, 2.05) is 17.0 Å². The SMILES string of the molecule is C=Cc1ccc(C(=O)C#CN2CCOCC2)cc1. The highest BCUT2D eigenvalue weighted by Crippen LogP contribution is 2.06. The van der Waals surface area contributed by atoms with Crippen LogP contribution in [0.15, 0.2) is 30.8 Å². The van der Waals surface area contributed by atoms with Crippen LogP contribution < -0.4 is 0 Å². The third-order valence-electron chi connectivity index (χ3n) is 2.75. The van der Waals surface area contributed by atoms with Crippen LogP contribution in [0.1, 0.15) is 15.9 Å². The molecule has 3 nitrogen and oxygen atoms in total. The second-order valence-electron chi connectivity index (χ2n) is 3.99. The van der Waals surface area contributed by atoms with E-state index in [9.17, 15) is 4.79 Å². The summed E-state index contributed by atoms with van der Waals surface area (Å²) in [6.07, 6.45) is 1.74. The maximum absolute atomic E-state index is 11.8. The Kier molecular flexibility index (Phi) is 4.16. The largest absolute Gasteiger partial charge is 0.378 e. The summed E-state index contributed by atoms with van der Waals surface area (Å²) >= 11 is 0. The zero-order valence-electron chi connectivity index (χ0n) is 10.2. The van der Waals surface area contributed by atoms with Crippen molar-refractivity contribution < 1.29 is 9.53 Å². The van der Waals surface area contributed by atoms with E-state index in [0.29, 0.717) is 18.8 Å². The standard InChI is InChI=1S/C15H15NO2/c1-2-13-3-5-14(6-4-13)15(17)7-8-16-9-11-18-12-10-16/h2-6H,1,9-12H2. The van der Waals surface area contributed by atoms with Gasteiger partial charge in [0.1, 0.15) is 0 Å². The van der Waals surface area contributed by atoms with Crippen molar-refractivity contribution in [3.63, 3.8) is 0 Å². The van der Waals surface area contributed by atoms with E-state index in [1.54, 1.807) is 18.2 Å². The first-order chi connectivity index (χ1) is 8.79.